The molecule has 25 heavy (non-hydrogen) atoms. The van der Waals surface area contributed by atoms with Gasteiger partial charge in [0.2, 0.25) is 0 Å². The summed E-state index contributed by atoms with van der Waals surface area (Å²) in [6, 6.07) is 8.93. The number of amides is 1. The van der Waals surface area contributed by atoms with Crippen molar-refractivity contribution in [3.05, 3.63) is 46.2 Å². The van der Waals surface area contributed by atoms with Crippen LogP contribution in [-0.4, -0.2) is 32.7 Å². The number of carbonyl (C=O) groups excluding carboxylic acids is 2. The van der Waals surface area contributed by atoms with Crippen LogP contribution in [0.5, 0.6) is 11.5 Å². The van der Waals surface area contributed by atoms with E-state index in [1.807, 2.05) is 24.4 Å². The Morgan fingerprint density at radius 3 is 2.56 bits per heavy atom. The zero-order valence-corrected chi connectivity index (χ0v) is 15.2. The van der Waals surface area contributed by atoms with Crippen molar-refractivity contribution in [3.63, 3.8) is 0 Å². The van der Waals surface area contributed by atoms with Crippen molar-refractivity contribution in [2.24, 2.45) is 0 Å². The van der Waals surface area contributed by atoms with E-state index in [0.29, 0.717) is 11.5 Å². The number of esters is 1. The number of nitrogens with one attached hydrogen (secondary N) is 1. The second-order valence-electron chi connectivity index (χ2n) is 5.33. The minimum atomic E-state index is -0.480. The first-order chi connectivity index (χ1) is 12.0. The molecule has 0 aliphatic carbocycles. The van der Waals surface area contributed by atoms with Gasteiger partial charge in [0.15, 0.2) is 18.1 Å². The second-order valence-corrected chi connectivity index (χ2v) is 6.31. The van der Waals surface area contributed by atoms with E-state index in [9.17, 15) is 9.59 Å². The van der Waals surface area contributed by atoms with Crippen molar-refractivity contribution in [3.8, 4) is 11.5 Å². The predicted molar refractivity (Wildman–Crippen MR) is 95.1 cm³/mol. The molecule has 1 heterocycles. The van der Waals surface area contributed by atoms with Crippen LogP contribution in [0, 0.1) is 0 Å². The van der Waals surface area contributed by atoms with Gasteiger partial charge in [-0.25, -0.2) is 0 Å². The first-order valence-corrected chi connectivity index (χ1v) is 8.60. The lowest BCUT2D eigenvalue weighted by atomic mass is 10.1. The van der Waals surface area contributed by atoms with Crippen molar-refractivity contribution in [1.82, 2.24) is 5.32 Å². The molecule has 134 valence electrons. The van der Waals surface area contributed by atoms with Crippen molar-refractivity contribution in [2.75, 3.05) is 20.8 Å². The molecule has 2 aromatic rings. The largest absolute Gasteiger partial charge is 0.493 e. The van der Waals surface area contributed by atoms with Crippen molar-refractivity contribution in [1.29, 1.82) is 0 Å². The maximum Gasteiger partial charge on any atom is 0.310 e. The van der Waals surface area contributed by atoms with E-state index in [4.69, 9.17) is 14.2 Å². The molecule has 0 bridgehead atoms. The van der Waals surface area contributed by atoms with E-state index >= 15 is 0 Å². The topological polar surface area (TPSA) is 73.9 Å². The Morgan fingerprint density at radius 2 is 1.92 bits per heavy atom. The normalized spacial score (nSPS) is 11.5. The number of thiophene rings is 1. The van der Waals surface area contributed by atoms with Gasteiger partial charge in [-0.2, -0.15) is 0 Å². The Morgan fingerprint density at radius 1 is 1.16 bits per heavy atom. The third-order valence-electron chi connectivity index (χ3n) is 3.51. The zero-order chi connectivity index (χ0) is 18.2. The SMILES string of the molecule is COc1ccc(CC(=O)OCC(=O)N[C@@H](C)c2cccs2)cc1OC. The number of rotatable bonds is 8. The maximum atomic E-state index is 11.9. The third kappa shape index (κ3) is 5.49. The molecule has 0 unspecified atom stereocenters. The molecule has 1 atom stereocenters. The summed E-state index contributed by atoms with van der Waals surface area (Å²) in [6.45, 7) is 1.58. The summed E-state index contributed by atoms with van der Waals surface area (Å²) in [5, 5.41) is 4.74. The molecule has 2 rings (SSSR count). The molecular formula is C18H21NO5S. The van der Waals surface area contributed by atoms with Gasteiger partial charge in [-0.3, -0.25) is 9.59 Å². The van der Waals surface area contributed by atoms with Gasteiger partial charge in [-0.05, 0) is 36.1 Å². The van der Waals surface area contributed by atoms with E-state index in [1.54, 1.807) is 36.6 Å². The molecule has 6 nitrogen and oxygen atoms in total. The Hall–Kier alpha value is -2.54. The highest BCUT2D eigenvalue weighted by atomic mass is 32.1. The number of carbonyl (C=O) groups is 2. The number of ether oxygens (including phenoxy) is 3. The fraction of sp³-hybridized carbons (Fsp3) is 0.333. The molecule has 7 heteroatoms. The lowest BCUT2D eigenvalue weighted by Gasteiger charge is -2.12. The summed E-state index contributed by atoms with van der Waals surface area (Å²) in [7, 11) is 3.07. The first kappa shape index (κ1) is 18.8. The van der Waals surface area contributed by atoms with E-state index in [0.717, 1.165) is 10.4 Å². The molecule has 0 saturated heterocycles. The fourth-order valence-corrected chi connectivity index (χ4v) is 2.98. The molecule has 0 saturated carbocycles. The molecular weight excluding hydrogens is 342 g/mol. The lowest BCUT2D eigenvalue weighted by molar-refractivity contribution is -0.148. The van der Waals surface area contributed by atoms with E-state index in [-0.39, 0.29) is 25.0 Å². The smallest absolute Gasteiger partial charge is 0.310 e. The van der Waals surface area contributed by atoms with Gasteiger partial charge in [-0.1, -0.05) is 12.1 Å². The highest BCUT2D eigenvalue weighted by Crippen LogP contribution is 2.27. The van der Waals surface area contributed by atoms with Gasteiger partial charge in [-0.15, -0.1) is 11.3 Å². The van der Waals surface area contributed by atoms with Crippen molar-refractivity contribution < 1.29 is 23.8 Å². The molecule has 1 N–H and O–H groups in total. The van der Waals surface area contributed by atoms with Gasteiger partial charge in [0.1, 0.15) is 0 Å². The van der Waals surface area contributed by atoms with Gasteiger partial charge >= 0.3 is 5.97 Å². The third-order valence-corrected chi connectivity index (χ3v) is 4.56. The van der Waals surface area contributed by atoms with Crippen LogP contribution >= 0.6 is 11.3 Å². The van der Waals surface area contributed by atoms with Crippen LogP contribution in [0.2, 0.25) is 0 Å². The number of hydrogen-bond donors (Lipinski definition) is 1. The first-order valence-electron chi connectivity index (χ1n) is 7.72. The number of hydrogen-bond acceptors (Lipinski definition) is 6. The highest BCUT2D eigenvalue weighted by Gasteiger charge is 2.14. The molecule has 0 spiro atoms. The van der Waals surface area contributed by atoms with Gasteiger partial charge in [0, 0.05) is 4.88 Å². The highest BCUT2D eigenvalue weighted by molar-refractivity contribution is 7.10. The average Bonchev–Trinajstić information content (AvgIpc) is 3.14. The monoisotopic (exact) mass is 363 g/mol. The van der Waals surface area contributed by atoms with Crippen molar-refractivity contribution in [2.45, 2.75) is 19.4 Å². The molecule has 0 aliphatic rings. The second kappa shape index (κ2) is 9.08. The van der Waals surface area contributed by atoms with Crippen LogP contribution in [0.3, 0.4) is 0 Å². The predicted octanol–water partition coefficient (Wildman–Crippen LogP) is 2.73. The van der Waals surface area contributed by atoms with Crippen LogP contribution in [0.25, 0.3) is 0 Å². The van der Waals surface area contributed by atoms with Crippen LogP contribution in [0.15, 0.2) is 35.7 Å². The zero-order valence-electron chi connectivity index (χ0n) is 14.4. The van der Waals surface area contributed by atoms with Gasteiger partial charge in [0.25, 0.3) is 5.91 Å². The van der Waals surface area contributed by atoms with Crippen molar-refractivity contribution >= 4 is 23.2 Å². The number of benzene rings is 1. The minimum absolute atomic E-state index is 0.0497. The molecule has 0 fully saturated rings. The molecule has 1 aromatic heterocycles. The molecule has 1 aromatic carbocycles. The summed E-state index contributed by atoms with van der Waals surface area (Å²) < 4.78 is 15.4. The Balaban J connectivity index is 1.81. The van der Waals surface area contributed by atoms with Crippen LogP contribution < -0.4 is 14.8 Å². The average molecular weight is 363 g/mol. The summed E-state index contributed by atoms with van der Waals surface area (Å²) >= 11 is 1.56. The van der Waals surface area contributed by atoms with Crippen LogP contribution in [-0.2, 0) is 20.7 Å². The standard InChI is InChI=1S/C18H21NO5S/c1-12(16-5-4-8-25-16)19-17(20)11-24-18(21)10-13-6-7-14(22-2)15(9-13)23-3/h4-9,12H,10-11H2,1-3H3,(H,19,20)/t12-/m0/s1. The van der Waals surface area contributed by atoms with Crippen LogP contribution in [0.4, 0.5) is 0 Å². The summed E-state index contributed by atoms with van der Waals surface area (Å²) in [6.07, 6.45) is 0.0497. The molecule has 0 aliphatic heterocycles. The van der Waals surface area contributed by atoms with E-state index in [2.05, 4.69) is 5.32 Å². The summed E-state index contributed by atoms with van der Waals surface area (Å²) in [5.74, 6) is 0.310. The Labute approximate surface area is 150 Å². The quantitative estimate of drug-likeness (QED) is 0.730. The lowest BCUT2D eigenvalue weighted by Crippen LogP contribution is -2.31. The Bertz CT molecular complexity index is 714. The molecule has 1 amide bonds. The molecule has 0 radical (unpaired) electrons. The van der Waals surface area contributed by atoms with E-state index < -0.39 is 5.97 Å². The van der Waals surface area contributed by atoms with Crippen LogP contribution in [0.1, 0.15) is 23.4 Å². The minimum Gasteiger partial charge on any atom is -0.493 e. The fourth-order valence-electron chi connectivity index (χ4n) is 2.25. The maximum absolute atomic E-state index is 11.9. The van der Waals surface area contributed by atoms with E-state index in [1.165, 1.54) is 7.11 Å². The number of methoxy groups -OCH3 is 2. The van der Waals surface area contributed by atoms with Gasteiger partial charge < -0.3 is 19.5 Å². The van der Waals surface area contributed by atoms with Gasteiger partial charge in [0.05, 0.1) is 26.7 Å². The Kier molecular flexibility index (Phi) is 6.82. The summed E-state index contributed by atoms with van der Waals surface area (Å²) in [5.41, 5.74) is 0.718. The summed E-state index contributed by atoms with van der Waals surface area (Å²) in [4.78, 5) is 24.8.